The number of aromatic amines is 1. The van der Waals surface area contributed by atoms with E-state index < -0.39 is 0 Å². The Morgan fingerprint density at radius 2 is 2.26 bits per heavy atom. The van der Waals surface area contributed by atoms with Crippen molar-refractivity contribution in [3.05, 3.63) is 30.1 Å². The van der Waals surface area contributed by atoms with E-state index in [1.54, 1.807) is 18.2 Å². The van der Waals surface area contributed by atoms with E-state index in [2.05, 4.69) is 22.1 Å². The van der Waals surface area contributed by atoms with Crippen LogP contribution in [-0.2, 0) is 4.79 Å². The molecule has 3 rings (SSSR count). The fraction of sp³-hybridized carbons (Fsp3) is 0.438. The van der Waals surface area contributed by atoms with Gasteiger partial charge in [-0.25, -0.2) is 9.37 Å². The summed E-state index contributed by atoms with van der Waals surface area (Å²) in [4.78, 5) is 18.5. The summed E-state index contributed by atoms with van der Waals surface area (Å²) < 4.78 is 13.7. The van der Waals surface area contributed by atoms with Gasteiger partial charge in [-0.2, -0.15) is 0 Å². The van der Waals surface area contributed by atoms with Gasteiger partial charge in [0, 0.05) is 12.6 Å². The van der Waals surface area contributed by atoms with Gasteiger partial charge in [0.2, 0.25) is 11.1 Å². The first-order valence-corrected chi connectivity index (χ1v) is 8.73. The Labute approximate surface area is 138 Å². The number of hydrogen-bond donors (Lipinski definition) is 1. The van der Waals surface area contributed by atoms with Crippen LogP contribution < -0.4 is 0 Å². The molecule has 1 aromatic carbocycles. The maximum absolute atomic E-state index is 13.7. The molecule has 1 saturated heterocycles. The van der Waals surface area contributed by atoms with Gasteiger partial charge in [-0.15, -0.1) is 5.10 Å². The Balaban J connectivity index is 1.61. The van der Waals surface area contributed by atoms with Crippen LogP contribution >= 0.6 is 11.8 Å². The normalized spacial score (nSPS) is 18.2. The lowest BCUT2D eigenvalue weighted by molar-refractivity contribution is -0.131. The first-order chi connectivity index (χ1) is 11.1. The summed E-state index contributed by atoms with van der Waals surface area (Å²) in [5.74, 6) is 0.445. The molecule has 1 aromatic heterocycles. The van der Waals surface area contributed by atoms with Crippen molar-refractivity contribution in [2.75, 3.05) is 12.3 Å². The van der Waals surface area contributed by atoms with E-state index in [-0.39, 0.29) is 11.7 Å². The van der Waals surface area contributed by atoms with Crippen LogP contribution in [0.25, 0.3) is 11.4 Å². The van der Waals surface area contributed by atoms with E-state index in [0.29, 0.717) is 28.3 Å². The minimum Gasteiger partial charge on any atom is -0.339 e. The summed E-state index contributed by atoms with van der Waals surface area (Å²) in [6.07, 6.45) is 3.32. The molecule has 5 nitrogen and oxygen atoms in total. The molecule has 1 aliphatic heterocycles. The lowest BCUT2D eigenvalue weighted by Gasteiger charge is -2.33. The number of rotatable bonds is 4. The zero-order chi connectivity index (χ0) is 16.2. The quantitative estimate of drug-likeness (QED) is 0.873. The number of nitrogens with one attached hydrogen (secondary N) is 1. The summed E-state index contributed by atoms with van der Waals surface area (Å²) in [5.41, 5.74) is 0.378. The fourth-order valence-corrected chi connectivity index (χ4v) is 3.45. The molecule has 1 aliphatic rings. The van der Waals surface area contributed by atoms with Gasteiger partial charge in [-0.3, -0.25) is 9.89 Å². The molecule has 1 amide bonds. The molecule has 1 fully saturated rings. The molecule has 0 saturated carbocycles. The number of halogens is 1. The fourth-order valence-electron chi connectivity index (χ4n) is 2.76. The average molecular weight is 334 g/mol. The van der Waals surface area contributed by atoms with E-state index >= 15 is 0 Å². The summed E-state index contributed by atoms with van der Waals surface area (Å²) in [5, 5.41) is 7.25. The van der Waals surface area contributed by atoms with Crippen molar-refractivity contribution in [3.63, 3.8) is 0 Å². The SMILES string of the molecule is C[C@@H]1CCCCN1C(=O)CSc1n[nH]c(-c2ccccc2F)n1. The van der Waals surface area contributed by atoms with Crippen LogP contribution in [0.4, 0.5) is 4.39 Å². The third-order valence-corrected chi connectivity index (χ3v) is 4.87. The largest absolute Gasteiger partial charge is 0.339 e. The molecule has 2 aromatic rings. The molecule has 7 heteroatoms. The maximum atomic E-state index is 13.7. The number of carbonyl (C=O) groups is 1. The van der Waals surface area contributed by atoms with Crippen LogP contribution in [0.15, 0.2) is 29.4 Å². The van der Waals surface area contributed by atoms with E-state index in [1.165, 1.54) is 24.2 Å². The van der Waals surface area contributed by atoms with Gasteiger partial charge < -0.3 is 4.90 Å². The molecular formula is C16H19FN4OS. The number of benzene rings is 1. The number of thioether (sulfide) groups is 1. The summed E-state index contributed by atoms with van der Waals surface area (Å²) in [6, 6.07) is 6.70. The average Bonchev–Trinajstić information content (AvgIpc) is 3.02. The second-order valence-electron chi connectivity index (χ2n) is 5.67. The van der Waals surface area contributed by atoms with Crippen molar-refractivity contribution >= 4 is 17.7 Å². The predicted molar refractivity (Wildman–Crippen MR) is 87.5 cm³/mol. The molecular weight excluding hydrogens is 315 g/mol. The molecule has 0 aliphatic carbocycles. The van der Waals surface area contributed by atoms with Crippen molar-refractivity contribution in [3.8, 4) is 11.4 Å². The highest BCUT2D eigenvalue weighted by Crippen LogP contribution is 2.23. The number of carbonyl (C=O) groups excluding carboxylic acids is 1. The highest BCUT2D eigenvalue weighted by molar-refractivity contribution is 7.99. The Kier molecular flexibility index (Phi) is 4.95. The zero-order valence-electron chi connectivity index (χ0n) is 13.0. The number of likely N-dealkylation sites (tertiary alicyclic amines) is 1. The predicted octanol–water partition coefficient (Wildman–Crippen LogP) is 3.10. The molecule has 0 unspecified atom stereocenters. The van der Waals surface area contributed by atoms with Crippen molar-refractivity contribution in [2.45, 2.75) is 37.4 Å². The number of hydrogen-bond acceptors (Lipinski definition) is 4. The van der Waals surface area contributed by atoms with E-state index in [0.717, 1.165) is 19.4 Å². The van der Waals surface area contributed by atoms with Crippen molar-refractivity contribution in [2.24, 2.45) is 0 Å². The molecule has 0 spiro atoms. The van der Waals surface area contributed by atoms with Crippen LogP contribution in [0.1, 0.15) is 26.2 Å². The van der Waals surface area contributed by atoms with Gasteiger partial charge in [0.1, 0.15) is 5.82 Å². The minimum atomic E-state index is -0.349. The smallest absolute Gasteiger partial charge is 0.233 e. The van der Waals surface area contributed by atoms with Crippen LogP contribution in [0, 0.1) is 5.82 Å². The van der Waals surface area contributed by atoms with Gasteiger partial charge in [0.05, 0.1) is 11.3 Å². The molecule has 0 bridgehead atoms. The second-order valence-corrected chi connectivity index (χ2v) is 6.61. The Morgan fingerprint density at radius 3 is 3.04 bits per heavy atom. The first kappa shape index (κ1) is 16.0. The lowest BCUT2D eigenvalue weighted by Crippen LogP contribution is -2.42. The number of nitrogens with zero attached hydrogens (tertiary/aromatic N) is 3. The summed E-state index contributed by atoms with van der Waals surface area (Å²) >= 11 is 1.28. The molecule has 122 valence electrons. The molecule has 1 atom stereocenters. The van der Waals surface area contributed by atoms with Gasteiger partial charge >= 0.3 is 0 Å². The van der Waals surface area contributed by atoms with Crippen molar-refractivity contribution in [1.82, 2.24) is 20.1 Å². The van der Waals surface area contributed by atoms with E-state index in [1.807, 2.05) is 4.90 Å². The van der Waals surface area contributed by atoms with Crippen molar-refractivity contribution < 1.29 is 9.18 Å². The van der Waals surface area contributed by atoms with Gasteiger partial charge in [0.15, 0.2) is 5.82 Å². The van der Waals surface area contributed by atoms with Crippen LogP contribution in [-0.4, -0.2) is 44.3 Å². The van der Waals surface area contributed by atoms with Gasteiger partial charge in [-0.1, -0.05) is 23.9 Å². The summed E-state index contributed by atoms with van der Waals surface area (Å²) in [6.45, 7) is 2.92. The Morgan fingerprint density at radius 1 is 1.43 bits per heavy atom. The Bertz CT molecular complexity index is 690. The molecule has 1 N–H and O–H groups in total. The molecule has 0 radical (unpaired) electrons. The first-order valence-electron chi connectivity index (χ1n) is 7.74. The zero-order valence-corrected chi connectivity index (χ0v) is 13.8. The second kappa shape index (κ2) is 7.12. The number of aromatic nitrogens is 3. The molecule has 23 heavy (non-hydrogen) atoms. The Hall–Kier alpha value is -1.89. The third-order valence-electron chi connectivity index (χ3n) is 4.04. The van der Waals surface area contributed by atoms with E-state index in [4.69, 9.17) is 0 Å². The maximum Gasteiger partial charge on any atom is 0.233 e. The topological polar surface area (TPSA) is 61.9 Å². The minimum absolute atomic E-state index is 0.111. The van der Waals surface area contributed by atoms with Gasteiger partial charge in [0.25, 0.3) is 0 Å². The highest BCUT2D eigenvalue weighted by atomic mass is 32.2. The lowest BCUT2D eigenvalue weighted by atomic mass is 10.0. The van der Waals surface area contributed by atoms with E-state index in [9.17, 15) is 9.18 Å². The standard InChI is InChI=1S/C16H19FN4OS/c1-11-6-4-5-9-21(11)14(22)10-23-16-18-15(19-20-16)12-7-2-3-8-13(12)17/h2-3,7-8,11H,4-6,9-10H2,1H3,(H,18,19,20)/t11-/m1/s1. The third kappa shape index (κ3) is 3.72. The van der Waals surface area contributed by atoms with Crippen LogP contribution in [0.5, 0.6) is 0 Å². The van der Waals surface area contributed by atoms with Crippen LogP contribution in [0.3, 0.4) is 0 Å². The van der Waals surface area contributed by atoms with Crippen molar-refractivity contribution in [1.29, 1.82) is 0 Å². The van der Waals surface area contributed by atoms with Crippen LogP contribution in [0.2, 0.25) is 0 Å². The summed E-state index contributed by atoms with van der Waals surface area (Å²) in [7, 11) is 0. The number of piperidine rings is 1. The van der Waals surface area contributed by atoms with Gasteiger partial charge in [-0.05, 0) is 38.3 Å². The molecule has 2 heterocycles. The number of amides is 1. The monoisotopic (exact) mass is 334 g/mol. The highest BCUT2D eigenvalue weighted by Gasteiger charge is 2.23. The number of H-pyrrole nitrogens is 1.